The molecule has 0 N–H and O–H groups in total. The van der Waals surface area contributed by atoms with Gasteiger partial charge < -0.3 is 4.90 Å². The Morgan fingerprint density at radius 2 is 2.18 bits per heavy atom. The van der Waals surface area contributed by atoms with Crippen molar-refractivity contribution in [2.45, 2.75) is 19.3 Å². The highest BCUT2D eigenvalue weighted by Gasteiger charge is 1.90. The summed E-state index contributed by atoms with van der Waals surface area (Å²) >= 11 is 0. The standard InChI is InChI=1S/C9H16NO/c1-3-4-5-6-7-8-10(2)9-11/h3-4,9H,1,5-8H2,2H3. The van der Waals surface area contributed by atoms with Gasteiger partial charge in [0.15, 0.2) is 0 Å². The molecule has 0 saturated carbocycles. The first kappa shape index (κ1) is 10.2. The predicted molar refractivity (Wildman–Crippen MR) is 47.0 cm³/mol. The van der Waals surface area contributed by atoms with E-state index < -0.39 is 0 Å². The average molecular weight is 154 g/mol. The molecular weight excluding hydrogens is 138 g/mol. The van der Waals surface area contributed by atoms with Crippen molar-refractivity contribution in [3.63, 3.8) is 0 Å². The van der Waals surface area contributed by atoms with E-state index in [0.717, 1.165) is 32.2 Å². The molecule has 1 amide bonds. The van der Waals surface area contributed by atoms with Crippen molar-refractivity contribution in [1.29, 1.82) is 0 Å². The fraction of sp³-hybridized carbons (Fsp3) is 0.556. The number of carbonyl (C=O) groups excluding carboxylic acids is 1. The molecule has 11 heavy (non-hydrogen) atoms. The summed E-state index contributed by atoms with van der Waals surface area (Å²) in [6.45, 7) is 4.44. The molecule has 0 aromatic heterocycles. The Balaban J connectivity index is 3.07. The molecule has 0 aliphatic carbocycles. The predicted octanol–water partition coefficient (Wildman–Crippen LogP) is 1.64. The monoisotopic (exact) mass is 154 g/mol. The molecule has 0 aromatic rings. The molecule has 0 heterocycles. The molecule has 0 aromatic carbocycles. The van der Waals surface area contributed by atoms with Gasteiger partial charge in [-0.15, -0.1) is 0 Å². The van der Waals surface area contributed by atoms with Crippen molar-refractivity contribution in [3.05, 3.63) is 19.1 Å². The van der Waals surface area contributed by atoms with E-state index in [1.54, 1.807) is 11.9 Å². The van der Waals surface area contributed by atoms with Crippen molar-refractivity contribution in [3.8, 4) is 0 Å². The van der Waals surface area contributed by atoms with Gasteiger partial charge in [0.2, 0.25) is 6.41 Å². The zero-order chi connectivity index (χ0) is 8.53. The van der Waals surface area contributed by atoms with Crippen LogP contribution in [-0.4, -0.2) is 24.9 Å². The number of hydrogen-bond donors (Lipinski definition) is 0. The second-order valence-corrected chi connectivity index (χ2v) is 2.55. The summed E-state index contributed by atoms with van der Waals surface area (Å²) < 4.78 is 0. The largest absolute Gasteiger partial charge is 0.348 e. The maximum Gasteiger partial charge on any atom is 0.209 e. The highest BCUT2D eigenvalue weighted by molar-refractivity contribution is 5.46. The van der Waals surface area contributed by atoms with Crippen LogP contribution in [0.5, 0.6) is 0 Å². The Morgan fingerprint density at radius 3 is 2.73 bits per heavy atom. The van der Waals surface area contributed by atoms with Crippen molar-refractivity contribution in [2.24, 2.45) is 0 Å². The van der Waals surface area contributed by atoms with E-state index >= 15 is 0 Å². The summed E-state index contributed by atoms with van der Waals surface area (Å²) in [6.07, 6.45) is 7.97. The molecule has 0 rings (SSSR count). The molecular formula is C9H16NO. The van der Waals surface area contributed by atoms with E-state index in [2.05, 4.69) is 6.92 Å². The summed E-state index contributed by atoms with van der Waals surface area (Å²) in [7, 11) is 1.80. The van der Waals surface area contributed by atoms with Gasteiger partial charge >= 0.3 is 0 Å². The first-order valence-electron chi connectivity index (χ1n) is 3.91. The lowest BCUT2D eigenvalue weighted by Gasteiger charge is -2.08. The highest BCUT2D eigenvalue weighted by Crippen LogP contribution is 1.96. The van der Waals surface area contributed by atoms with Crippen LogP contribution in [0.2, 0.25) is 0 Å². The Kier molecular flexibility index (Phi) is 6.79. The third-order valence-electron chi connectivity index (χ3n) is 1.48. The van der Waals surface area contributed by atoms with Gasteiger partial charge in [0.25, 0.3) is 0 Å². The molecule has 0 bridgehead atoms. The average Bonchev–Trinajstić information content (AvgIpc) is 2.04. The van der Waals surface area contributed by atoms with Crippen LogP contribution < -0.4 is 0 Å². The second-order valence-electron chi connectivity index (χ2n) is 2.55. The van der Waals surface area contributed by atoms with Crippen LogP contribution in [0.4, 0.5) is 0 Å². The van der Waals surface area contributed by atoms with Gasteiger partial charge in [0.1, 0.15) is 0 Å². The van der Waals surface area contributed by atoms with Crippen LogP contribution in [0.15, 0.2) is 12.2 Å². The van der Waals surface area contributed by atoms with Crippen LogP contribution in [0.1, 0.15) is 19.3 Å². The number of unbranched alkanes of at least 4 members (excludes halogenated alkanes) is 2. The summed E-state index contributed by atoms with van der Waals surface area (Å²) in [5, 5.41) is 0. The lowest BCUT2D eigenvalue weighted by Crippen LogP contribution is -2.16. The van der Waals surface area contributed by atoms with Crippen molar-refractivity contribution in [1.82, 2.24) is 4.90 Å². The number of nitrogens with zero attached hydrogens (tertiary/aromatic N) is 1. The molecule has 2 nitrogen and oxygen atoms in total. The number of allylic oxidation sites excluding steroid dienone is 2. The van der Waals surface area contributed by atoms with Crippen LogP contribution in [0, 0.1) is 6.92 Å². The van der Waals surface area contributed by atoms with Gasteiger partial charge in [-0.25, -0.2) is 0 Å². The summed E-state index contributed by atoms with van der Waals surface area (Å²) in [4.78, 5) is 11.8. The van der Waals surface area contributed by atoms with Gasteiger partial charge in [-0.2, -0.15) is 0 Å². The Morgan fingerprint density at radius 1 is 1.45 bits per heavy atom. The normalized spacial score (nSPS) is 10.4. The fourth-order valence-corrected chi connectivity index (χ4v) is 0.794. The van der Waals surface area contributed by atoms with Crippen molar-refractivity contribution in [2.75, 3.05) is 13.6 Å². The van der Waals surface area contributed by atoms with Crippen LogP contribution in [-0.2, 0) is 4.79 Å². The topological polar surface area (TPSA) is 20.3 Å². The Bertz CT molecular complexity index is 121. The second kappa shape index (κ2) is 7.32. The smallest absolute Gasteiger partial charge is 0.209 e. The third kappa shape index (κ3) is 7.10. The molecule has 0 aliphatic rings. The number of amides is 1. The van der Waals surface area contributed by atoms with E-state index in [1.807, 2.05) is 12.2 Å². The van der Waals surface area contributed by atoms with E-state index in [-0.39, 0.29) is 0 Å². The summed E-state index contributed by atoms with van der Waals surface area (Å²) in [5.41, 5.74) is 0. The van der Waals surface area contributed by atoms with Crippen molar-refractivity contribution >= 4 is 6.41 Å². The molecule has 0 atom stereocenters. The molecule has 1 radical (unpaired) electrons. The zero-order valence-corrected chi connectivity index (χ0v) is 7.12. The lowest BCUT2D eigenvalue weighted by molar-refractivity contribution is -0.117. The van der Waals surface area contributed by atoms with Gasteiger partial charge in [0.05, 0.1) is 0 Å². The summed E-state index contributed by atoms with van der Waals surface area (Å²) in [5.74, 6) is 0. The number of hydrogen-bond acceptors (Lipinski definition) is 1. The SMILES string of the molecule is [CH2]C=CCCCCN(C)C=O. The Hall–Kier alpha value is -0.790. The first-order valence-corrected chi connectivity index (χ1v) is 3.91. The van der Waals surface area contributed by atoms with Gasteiger partial charge in [0, 0.05) is 13.6 Å². The fourth-order valence-electron chi connectivity index (χ4n) is 0.794. The summed E-state index contributed by atoms with van der Waals surface area (Å²) in [6, 6.07) is 0. The van der Waals surface area contributed by atoms with Crippen LogP contribution in [0.3, 0.4) is 0 Å². The number of rotatable bonds is 6. The van der Waals surface area contributed by atoms with E-state index in [9.17, 15) is 4.79 Å². The zero-order valence-electron chi connectivity index (χ0n) is 7.12. The maximum atomic E-state index is 10.1. The third-order valence-corrected chi connectivity index (χ3v) is 1.48. The number of carbonyl (C=O) groups is 1. The minimum atomic E-state index is 0.856. The molecule has 0 saturated heterocycles. The molecule has 63 valence electrons. The lowest BCUT2D eigenvalue weighted by atomic mass is 10.2. The molecule has 2 heteroatoms. The van der Waals surface area contributed by atoms with Gasteiger partial charge in [-0.05, 0) is 26.2 Å². The Labute approximate surface area is 68.9 Å². The minimum absolute atomic E-state index is 0.856. The maximum absolute atomic E-state index is 10.1. The minimum Gasteiger partial charge on any atom is -0.348 e. The molecule has 0 aliphatic heterocycles. The van der Waals surface area contributed by atoms with Crippen LogP contribution >= 0.6 is 0 Å². The van der Waals surface area contributed by atoms with E-state index in [0.29, 0.717) is 0 Å². The van der Waals surface area contributed by atoms with E-state index in [4.69, 9.17) is 0 Å². The molecule has 0 spiro atoms. The molecule has 0 unspecified atom stereocenters. The molecule has 0 fully saturated rings. The van der Waals surface area contributed by atoms with Crippen LogP contribution in [0.25, 0.3) is 0 Å². The van der Waals surface area contributed by atoms with Gasteiger partial charge in [-0.3, -0.25) is 4.79 Å². The quantitative estimate of drug-likeness (QED) is 0.420. The van der Waals surface area contributed by atoms with Crippen molar-refractivity contribution < 1.29 is 4.79 Å². The van der Waals surface area contributed by atoms with Gasteiger partial charge in [-0.1, -0.05) is 12.2 Å². The highest BCUT2D eigenvalue weighted by atomic mass is 16.1. The first-order chi connectivity index (χ1) is 5.31. The van der Waals surface area contributed by atoms with E-state index in [1.165, 1.54) is 0 Å².